The second-order valence-electron chi connectivity index (χ2n) is 6.47. The van der Waals surface area contributed by atoms with Crippen molar-refractivity contribution in [3.8, 4) is 5.75 Å². The van der Waals surface area contributed by atoms with Crippen LogP contribution >= 0.6 is 0 Å². The molecule has 0 aromatic heterocycles. The number of ether oxygens (including phenoxy) is 2. The Kier molecular flexibility index (Phi) is 5.55. The summed E-state index contributed by atoms with van der Waals surface area (Å²) in [7, 11) is 1.59. The summed E-state index contributed by atoms with van der Waals surface area (Å²) in [5.74, 6) is 0.313. The number of nitrogens with zero attached hydrogens (tertiary/aromatic N) is 1. The molecule has 1 aromatic carbocycles. The van der Waals surface area contributed by atoms with Crippen molar-refractivity contribution in [1.82, 2.24) is 10.2 Å². The van der Waals surface area contributed by atoms with E-state index in [-0.39, 0.29) is 11.8 Å². The lowest BCUT2D eigenvalue weighted by atomic mass is 10.0. The van der Waals surface area contributed by atoms with Crippen LogP contribution in [0.3, 0.4) is 0 Å². The van der Waals surface area contributed by atoms with Crippen LogP contribution in [0.1, 0.15) is 12.8 Å². The fraction of sp³-hybridized carbons (Fsp3) is 0.556. The zero-order valence-electron chi connectivity index (χ0n) is 14.5. The minimum atomic E-state index is -0.912. The minimum Gasteiger partial charge on any atom is -0.497 e. The summed E-state index contributed by atoms with van der Waals surface area (Å²) in [6, 6.07) is 7.08. The third-order valence-corrected chi connectivity index (χ3v) is 4.78. The third kappa shape index (κ3) is 4.29. The van der Waals surface area contributed by atoms with E-state index in [2.05, 4.69) is 15.5 Å². The second kappa shape index (κ2) is 7.84. The number of carbonyl (C=O) groups is 2. The Balaban J connectivity index is 1.48. The highest BCUT2D eigenvalue weighted by atomic mass is 16.5. The standard InChI is InChI=1S/C18H25N3O4/c1-24-15-4-2-14(3-5-15)20-17(23)18(6-7-18)16(22)19-8-9-21-10-12-25-13-11-21/h2-5H,6-13H2,1H3,(H,19,22)(H,20,23). The molecule has 7 nitrogen and oxygen atoms in total. The number of rotatable bonds is 7. The first kappa shape index (κ1) is 17.7. The third-order valence-electron chi connectivity index (χ3n) is 4.78. The van der Waals surface area contributed by atoms with Gasteiger partial charge in [0.15, 0.2) is 0 Å². The summed E-state index contributed by atoms with van der Waals surface area (Å²) < 4.78 is 10.4. The summed E-state index contributed by atoms with van der Waals surface area (Å²) in [6.07, 6.45) is 1.19. The number of morpholine rings is 1. The van der Waals surface area contributed by atoms with Crippen LogP contribution in [-0.2, 0) is 14.3 Å². The van der Waals surface area contributed by atoms with Gasteiger partial charge in [0.1, 0.15) is 11.2 Å². The quantitative estimate of drug-likeness (QED) is 0.715. The molecule has 7 heteroatoms. The topological polar surface area (TPSA) is 79.9 Å². The lowest BCUT2D eigenvalue weighted by Crippen LogP contribution is -2.45. The number of benzene rings is 1. The molecule has 1 aliphatic carbocycles. The molecule has 1 aliphatic heterocycles. The molecule has 136 valence electrons. The van der Waals surface area contributed by atoms with Crippen LogP contribution in [0.25, 0.3) is 0 Å². The predicted octanol–water partition coefficient (Wildman–Crippen LogP) is 0.862. The van der Waals surface area contributed by atoms with Gasteiger partial charge in [-0.2, -0.15) is 0 Å². The van der Waals surface area contributed by atoms with Crippen molar-refractivity contribution in [2.45, 2.75) is 12.8 Å². The van der Waals surface area contributed by atoms with Crippen LogP contribution in [0.5, 0.6) is 5.75 Å². The van der Waals surface area contributed by atoms with Gasteiger partial charge >= 0.3 is 0 Å². The monoisotopic (exact) mass is 347 g/mol. The number of anilines is 1. The summed E-state index contributed by atoms with van der Waals surface area (Å²) in [6.45, 7) is 4.59. The molecule has 2 aliphatic rings. The first-order valence-electron chi connectivity index (χ1n) is 8.68. The van der Waals surface area contributed by atoms with Gasteiger partial charge in [0.05, 0.1) is 20.3 Å². The number of carbonyl (C=O) groups excluding carboxylic acids is 2. The highest BCUT2D eigenvalue weighted by Gasteiger charge is 2.56. The lowest BCUT2D eigenvalue weighted by molar-refractivity contribution is -0.134. The van der Waals surface area contributed by atoms with Crippen LogP contribution < -0.4 is 15.4 Å². The van der Waals surface area contributed by atoms with E-state index < -0.39 is 5.41 Å². The maximum Gasteiger partial charge on any atom is 0.240 e. The van der Waals surface area contributed by atoms with E-state index >= 15 is 0 Å². The van der Waals surface area contributed by atoms with Gasteiger partial charge in [-0.05, 0) is 37.1 Å². The fourth-order valence-electron chi connectivity index (χ4n) is 2.93. The molecule has 2 N–H and O–H groups in total. The van der Waals surface area contributed by atoms with E-state index in [9.17, 15) is 9.59 Å². The van der Waals surface area contributed by atoms with Crippen molar-refractivity contribution in [3.63, 3.8) is 0 Å². The van der Waals surface area contributed by atoms with Gasteiger partial charge in [-0.15, -0.1) is 0 Å². The van der Waals surface area contributed by atoms with E-state index in [0.717, 1.165) is 38.6 Å². The van der Waals surface area contributed by atoms with Gasteiger partial charge in [0.2, 0.25) is 11.8 Å². The van der Waals surface area contributed by atoms with E-state index in [1.165, 1.54) is 0 Å². The number of hydrogen-bond donors (Lipinski definition) is 2. The van der Waals surface area contributed by atoms with E-state index in [1.807, 2.05) is 0 Å². The molecule has 0 atom stereocenters. The van der Waals surface area contributed by atoms with E-state index in [1.54, 1.807) is 31.4 Å². The Labute approximate surface area is 147 Å². The Morgan fingerprint density at radius 2 is 1.84 bits per heavy atom. The van der Waals surface area contributed by atoms with E-state index in [4.69, 9.17) is 9.47 Å². The Morgan fingerprint density at radius 1 is 1.16 bits per heavy atom. The average molecular weight is 347 g/mol. The second-order valence-corrected chi connectivity index (χ2v) is 6.47. The molecular formula is C18H25N3O4. The maximum atomic E-state index is 12.5. The van der Waals surface area contributed by atoms with Crippen LogP contribution in [0.2, 0.25) is 0 Å². The maximum absolute atomic E-state index is 12.5. The molecule has 1 saturated carbocycles. The Bertz CT molecular complexity index is 607. The van der Waals surface area contributed by atoms with Gasteiger partial charge in [-0.1, -0.05) is 0 Å². The summed E-state index contributed by atoms with van der Waals surface area (Å²) >= 11 is 0. The fourth-order valence-corrected chi connectivity index (χ4v) is 2.93. The Hall–Kier alpha value is -2.12. The van der Waals surface area contributed by atoms with Crippen molar-refractivity contribution in [2.24, 2.45) is 5.41 Å². The van der Waals surface area contributed by atoms with Crippen molar-refractivity contribution in [2.75, 3.05) is 51.8 Å². The molecule has 0 bridgehead atoms. The van der Waals surface area contributed by atoms with Crippen LogP contribution in [0.4, 0.5) is 5.69 Å². The normalized spacial score (nSPS) is 19.1. The largest absolute Gasteiger partial charge is 0.497 e. The average Bonchev–Trinajstić information content (AvgIpc) is 3.45. The van der Waals surface area contributed by atoms with Crippen molar-refractivity contribution < 1.29 is 19.1 Å². The molecule has 2 amide bonds. The van der Waals surface area contributed by atoms with Crippen LogP contribution in [0, 0.1) is 5.41 Å². The molecule has 0 unspecified atom stereocenters. The van der Waals surface area contributed by atoms with Crippen molar-refractivity contribution in [3.05, 3.63) is 24.3 Å². The first-order valence-corrected chi connectivity index (χ1v) is 8.68. The minimum absolute atomic E-state index is 0.174. The molecule has 1 heterocycles. The summed E-state index contributed by atoms with van der Waals surface area (Å²) in [5.41, 5.74) is -0.247. The zero-order chi connectivity index (χ0) is 17.7. The lowest BCUT2D eigenvalue weighted by Gasteiger charge is -2.26. The molecule has 1 saturated heterocycles. The molecule has 3 rings (SSSR count). The number of hydrogen-bond acceptors (Lipinski definition) is 5. The van der Waals surface area contributed by atoms with Gasteiger partial charge in [-0.25, -0.2) is 0 Å². The summed E-state index contributed by atoms with van der Waals surface area (Å²) in [4.78, 5) is 27.2. The van der Waals surface area contributed by atoms with Crippen molar-refractivity contribution in [1.29, 1.82) is 0 Å². The molecular weight excluding hydrogens is 322 g/mol. The van der Waals surface area contributed by atoms with Crippen LogP contribution in [0.15, 0.2) is 24.3 Å². The molecule has 0 radical (unpaired) electrons. The van der Waals surface area contributed by atoms with Gasteiger partial charge in [0.25, 0.3) is 0 Å². The molecule has 2 fully saturated rings. The Morgan fingerprint density at radius 3 is 2.44 bits per heavy atom. The first-order chi connectivity index (χ1) is 12.1. The van der Waals surface area contributed by atoms with Gasteiger partial charge in [-0.3, -0.25) is 14.5 Å². The zero-order valence-corrected chi connectivity index (χ0v) is 14.5. The predicted molar refractivity (Wildman–Crippen MR) is 93.6 cm³/mol. The SMILES string of the molecule is COc1ccc(NC(=O)C2(C(=O)NCCN3CCOCC3)CC2)cc1. The number of amides is 2. The number of nitrogens with one attached hydrogen (secondary N) is 2. The van der Waals surface area contributed by atoms with E-state index in [0.29, 0.717) is 25.1 Å². The highest BCUT2D eigenvalue weighted by Crippen LogP contribution is 2.46. The molecule has 25 heavy (non-hydrogen) atoms. The van der Waals surface area contributed by atoms with Gasteiger partial charge in [0, 0.05) is 31.9 Å². The van der Waals surface area contributed by atoms with Crippen LogP contribution in [-0.4, -0.2) is 63.2 Å². The summed E-state index contributed by atoms with van der Waals surface area (Å²) in [5, 5.41) is 5.75. The molecule has 1 aromatic rings. The van der Waals surface area contributed by atoms with Crippen molar-refractivity contribution >= 4 is 17.5 Å². The van der Waals surface area contributed by atoms with Gasteiger partial charge < -0.3 is 20.1 Å². The molecule has 0 spiro atoms. The smallest absolute Gasteiger partial charge is 0.240 e. The highest BCUT2D eigenvalue weighted by molar-refractivity contribution is 6.13. The number of methoxy groups -OCH3 is 1.